The molecular formula is C25H25N3O3S. The molecule has 6 nitrogen and oxygen atoms in total. The smallest absolute Gasteiger partial charge is 0.196 e. The van der Waals surface area contributed by atoms with Gasteiger partial charge >= 0.3 is 0 Å². The fourth-order valence-corrected chi connectivity index (χ4v) is 4.43. The van der Waals surface area contributed by atoms with Gasteiger partial charge in [0.05, 0.1) is 21.3 Å². The number of rotatable bonds is 8. The molecule has 0 amide bonds. The Morgan fingerprint density at radius 1 is 0.812 bits per heavy atom. The zero-order chi connectivity index (χ0) is 22.5. The van der Waals surface area contributed by atoms with Crippen LogP contribution in [0.3, 0.4) is 0 Å². The van der Waals surface area contributed by atoms with Gasteiger partial charge in [-0.25, -0.2) is 0 Å². The van der Waals surface area contributed by atoms with Gasteiger partial charge < -0.3 is 14.2 Å². The van der Waals surface area contributed by atoms with E-state index in [9.17, 15) is 0 Å². The quantitative estimate of drug-likeness (QED) is 0.330. The van der Waals surface area contributed by atoms with Gasteiger partial charge in [-0.2, -0.15) is 0 Å². The van der Waals surface area contributed by atoms with Crippen LogP contribution in [0, 0.1) is 6.92 Å². The van der Waals surface area contributed by atoms with Gasteiger partial charge in [-0.15, -0.1) is 10.2 Å². The molecule has 1 aromatic heterocycles. The van der Waals surface area contributed by atoms with E-state index in [0.717, 1.165) is 33.7 Å². The molecule has 1 heterocycles. The third-order valence-corrected chi connectivity index (χ3v) is 6.20. The molecule has 0 spiro atoms. The summed E-state index contributed by atoms with van der Waals surface area (Å²) in [6.07, 6.45) is 0. The summed E-state index contributed by atoms with van der Waals surface area (Å²) in [5, 5.41) is 9.87. The normalized spacial score (nSPS) is 10.8. The Kier molecular flexibility index (Phi) is 6.66. The number of hydrogen-bond donors (Lipinski definition) is 0. The number of hydrogen-bond acceptors (Lipinski definition) is 6. The molecule has 0 radical (unpaired) electrons. The van der Waals surface area contributed by atoms with Crippen molar-refractivity contribution in [2.45, 2.75) is 17.8 Å². The number of benzene rings is 3. The van der Waals surface area contributed by atoms with Crippen molar-refractivity contribution in [1.29, 1.82) is 0 Å². The Balaban J connectivity index is 1.77. The molecular weight excluding hydrogens is 422 g/mol. The average molecular weight is 448 g/mol. The summed E-state index contributed by atoms with van der Waals surface area (Å²) in [4.78, 5) is 0. The van der Waals surface area contributed by atoms with Crippen LogP contribution in [0.4, 0.5) is 0 Å². The molecule has 3 aromatic carbocycles. The second-order valence-electron chi connectivity index (χ2n) is 7.12. The van der Waals surface area contributed by atoms with E-state index in [1.807, 2.05) is 42.5 Å². The molecule has 0 fully saturated rings. The van der Waals surface area contributed by atoms with E-state index >= 15 is 0 Å². The van der Waals surface area contributed by atoms with Crippen molar-refractivity contribution in [3.05, 3.63) is 77.9 Å². The summed E-state index contributed by atoms with van der Waals surface area (Å²) in [7, 11) is 4.91. The molecule has 0 atom stereocenters. The first-order valence-electron chi connectivity index (χ1n) is 10.1. The molecule has 4 aromatic rings. The van der Waals surface area contributed by atoms with Gasteiger partial charge in [-0.05, 0) is 60.5 Å². The summed E-state index contributed by atoms with van der Waals surface area (Å²) in [5.41, 5.74) is 4.37. The van der Waals surface area contributed by atoms with Crippen LogP contribution in [0.5, 0.6) is 17.2 Å². The summed E-state index contributed by atoms with van der Waals surface area (Å²) in [5.74, 6) is 3.63. The topological polar surface area (TPSA) is 58.4 Å². The lowest BCUT2D eigenvalue weighted by atomic mass is 10.1. The van der Waals surface area contributed by atoms with E-state index < -0.39 is 0 Å². The van der Waals surface area contributed by atoms with Crippen LogP contribution < -0.4 is 14.2 Å². The second kappa shape index (κ2) is 9.78. The largest absolute Gasteiger partial charge is 0.497 e. The Morgan fingerprint density at radius 3 is 2.25 bits per heavy atom. The number of methoxy groups -OCH3 is 3. The van der Waals surface area contributed by atoms with Crippen LogP contribution in [0.25, 0.3) is 17.1 Å². The third-order valence-electron chi connectivity index (χ3n) is 5.22. The zero-order valence-electron chi connectivity index (χ0n) is 18.5. The first-order valence-corrected chi connectivity index (χ1v) is 11.1. The first-order chi connectivity index (χ1) is 15.6. The number of aromatic nitrogens is 3. The van der Waals surface area contributed by atoms with Crippen LogP contribution in [-0.2, 0) is 5.75 Å². The van der Waals surface area contributed by atoms with E-state index in [1.54, 1.807) is 33.1 Å². The lowest BCUT2D eigenvalue weighted by Gasteiger charge is -2.13. The Bertz CT molecular complexity index is 1210. The average Bonchev–Trinajstić information content (AvgIpc) is 3.27. The molecule has 0 aliphatic heterocycles. The highest BCUT2D eigenvalue weighted by Crippen LogP contribution is 2.35. The monoisotopic (exact) mass is 447 g/mol. The lowest BCUT2D eigenvalue weighted by Crippen LogP contribution is -2.01. The number of nitrogens with zero attached hydrogens (tertiary/aromatic N) is 3. The molecule has 0 N–H and O–H groups in total. The molecule has 0 bridgehead atoms. The Labute approximate surface area is 192 Å². The highest BCUT2D eigenvalue weighted by molar-refractivity contribution is 7.98. The lowest BCUT2D eigenvalue weighted by molar-refractivity contribution is 0.355. The molecule has 0 saturated carbocycles. The van der Waals surface area contributed by atoms with Crippen molar-refractivity contribution in [3.8, 4) is 34.3 Å². The minimum atomic E-state index is 0.642. The minimum absolute atomic E-state index is 0.642. The van der Waals surface area contributed by atoms with Gasteiger partial charge in [0.15, 0.2) is 22.5 Å². The highest BCUT2D eigenvalue weighted by Gasteiger charge is 2.18. The maximum atomic E-state index is 5.50. The number of ether oxygens (including phenoxy) is 3. The fourth-order valence-electron chi connectivity index (χ4n) is 3.40. The van der Waals surface area contributed by atoms with Gasteiger partial charge in [0.1, 0.15) is 5.75 Å². The maximum absolute atomic E-state index is 5.50. The number of thioether (sulfide) groups is 1. The highest BCUT2D eigenvalue weighted by atomic mass is 32.2. The summed E-state index contributed by atoms with van der Waals surface area (Å²) < 4.78 is 18.3. The molecule has 7 heteroatoms. The Hall–Kier alpha value is -3.45. The maximum Gasteiger partial charge on any atom is 0.196 e. The minimum Gasteiger partial charge on any atom is -0.497 e. The van der Waals surface area contributed by atoms with Crippen molar-refractivity contribution < 1.29 is 14.2 Å². The molecule has 0 saturated heterocycles. The van der Waals surface area contributed by atoms with Crippen molar-refractivity contribution in [2.24, 2.45) is 0 Å². The fraction of sp³-hybridized carbons (Fsp3) is 0.200. The van der Waals surface area contributed by atoms with E-state index in [1.165, 1.54) is 11.1 Å². The predicted octanol–water partition coefficient (Wildman–Crippen LogP) is 5.56. The van der Waals surface area contributed by atoms with Gasteiger partial charge in [0.2, 0.25) is 0 Å². The summed E-state index contributed by atoms with van der Waals surface area (Å²) in [6.45, 7) is 2.12. The van der Waals surface area contributed by atoms with E-state index in [-0.39, 0.29) is 0 Å². The van der Waals surface area contributed by atoms with Crippen molar-refractivity contribution in [1.82, 2.24) is 14.8 Å². The second-order valence-corrected chi connectivity index (χ2v) is 8.07. The van der Waals surface area contributed by atoms with Gasteiger partial charge in [0.25, 0.3) is 0 Å². The van der Waals surface area contributed by atoms with Crippen molar-refractivity contribution >= 4 is 11.8 Å². The molecule has 0 unspecified atom stereocenters. The van der Waals surface area contributed by atoms with Crippen LogP contribution in [0.15, 0.2) is 71.9 Å². The van der Waals surface area contributed by atoms with Crippen LogP contribution in [0.2, 0.25) is 0 Å². The van der Waals surface area contributed by atoms with Crippen LogP contribution >= 0.6 is 11.8 Å². The zero-order valence-corrected chi connectivity index (χ0v) is 19.3. The first kappa shape index (κ1) is 21.8. The summed E-state index contributed by atoms with van der Waals surface area (Å²) >= 11 is 1.65. The van der Waals surface area contributed by atoms with Crippen LogP contribution in [0.1, 0.15) is 11.1 Å². The van der Waals surface area contributed by atoms with Gasteiger partial charge in [0, 0.05) is 17.0 Å². The number of aryl methyl sites for hydroxylation is 1. The van der Waals surface area contributed by atoms with E-state index in [2.05, 4.69) is 46.0 Å². The molecule has 0 aliphatic rings. The van der Waals surface area contributed by atoms with E-state index in [4.69, 9.17) is 14.2 Å². The summed E-state index contributed by atoms with van der Waals surface area (Å²) in [6, 6.07) is 22.0. The predicted molar refractivity (Wildman–Crippen MR) is 127 cm³/mol. The van der Waals surface area contributed by atoms with Crippen molar-refractivity contribution in [3.63, 3.8) is 0 Å². The van der Waals surface area contributed by atoms with Gasteiger partial charge in [-0.1, -0.05) is 36.0 Å². The SMILES string of the molecule is COc1ccc(-n2c(SCc3ccccc3C)nnc2-c2ccc(OC)c(OC)c2)cc1. The van der Waals surface area contributed by atoms with Crippen molar-refractivity contribution in [2.75, 3.05) is 21.3 Å². The van der Waals surface area contributed by atoms with Crippen LogP contribution in [-0.4, -0.2) is 36.1 Å². The molecule has 4 rings (SSSR count). The van der Waals surface area contributed by atoms with E-state index in [0.29, 0.717) is 11.5 Å². The molecule has 32 heavy (non-hydrogen) atoms. The third kappa shape index (κ3) is 4.43. The Morgan fingerprint density at radius 2 is 1.56 bits per heavy atom. The standard InChI is InChI=1S/C25H25N3O3S/c1-17-7-5-6-8-19(17)16-32-25-27-26-24(18-9-14-22(30-3)23(15-18)31-4)28(25)20-10-12-21(29-2)13-11-20/h5-15H,16H2,1-4H3. The molecule has 0 aliphatic carbocycles. The molecule has 164 valence electrons. The van der Waals surface area contributed by atoms with Gasteiger partial charge in [-0.3, -0.25) is 4.57 Å².